The van der Waals surface area contributed by atoms with Crippen molar-refractivity contribution in [3.63, 3.8) is 0 Å². The van der Waals surface area contributed by atoms with Gasteiger partial charge in [-0.25, -0.2) is 0 Å². The molecule has 2 unspecified atom stereocenters. The smallest absolute Gasteiger partial charge is 0.108 e. The number of hydrogen-bond donors (Lipinski definition) is 5. The molecule has 11 heavy (non-hydrogen) atoms. The molecule has 0 heterocycles. The van der Waals surface area contributed by atoms with Crippen LogP contribution in [0.2, 0.25) is 0 Å². The average molecular weight is 166 g/mol. The molecule has 0 aliphatic rings. The minimum absolute atomic E-state index is 0.0156. The monoisotopic (exact) mass is 166 g/mol. The highest BCUT2D eigenvalue weighted by atomic mass is 16.4. The Morgan fingerprint density at radius 1 is 0.909 bits per heavy atom. The van der Waals surface area contributed by atoms with E-state index in [-0.39, 0.29) is 13.0 Å². The Hall–Kier alpha value is -0.200. The van der Waals surface area contributed by atoms with E-state index in [2.05, 4.69) is 0 Å². The lowest BCUT2D eigenvalue weighted by atomic mass is 10.1. The number of hydrogen-bond acceptors (Lipinski definition) is 5. The summed E-state index contributed by atoms with van der Waals surface area (Å²) in [5, 5.41) is 43.3. The first-order valence-electron chi connectivity index (χ1n) is 3.39. The Morgan fingerprint density at radius 2 is 1.45 bits per heavy atom. The van der Waals surface area contributed by atoms with Gasteiger partial charge in [0.15, 0.2) is 0 Å². The molecule has 3 atom stereocenters. The van der Waals surface area contributed by atoms with Gasteiger partial charge < -0.3 is 25.5 Å². The molecule has 0 aromatic carbocycles. The van der Waals surface area contributed by atoms with Crippen molar-refractivity contribution in [2.75, 3.05) is 13.2 Å². The standard InChI is InChI=1S/C6H14O5/c7-2-1-4(9)6(11)5(10)3-8/h4-11H,1-3H2/t4?,5-,6?/m0/s1. The second-order valence-electron chi connectivity index (χ2n) is 2.32. The molecule has 0 bridgehead atoms. The van der Waals surface area contributed by atoms with Crippen LogP contribution in [0.5, 0.6) is 0 Å². The second-order valence-corrected chi connectivity index (χ2v) is 2.32. The summed E-state index contributed by atoms with van der Waals surface area (Å²) in [6.45, 7) is -0.875. The number of rotatable bonds is 5. The summed E-state index contributed by atoms with van der Waals surface area (Å²) in [6, 6.07) is 0. The summed E-state index contributed by atoms with van der Waals surface area (Å²) >= 11 is 0. The number of aliphatic hydroxyl groups is 5. The highest BCUT2D eigenvalue weighted by molar-refractivity contribution is 4.73. The van der Waals surface area contributed by atoms with E-state index < -0.39 is 24.9 Å². The van der Waals surface area contributed by atoms with Crippen molar-refractivity contribution in [1.82, 2.24) is 0 Å². The summed E-state index contributed by atoms with van der Waals surface area (Å²) in [6.07, 6.45) is -3.95. The average Bonchev–Trinajstić information content (AvgIpc) is 2.02. The zero-order chi connectivity index (χ0) is 8.85. The van der Waals surface area contributed by atoms with Crippen molar-refractivity contribution >= 4 is 0 Å². The van der Waals surface area contributed by atoms with Crippen LogP contribution in [0.1, 0.15) is 6.42 Å². The fourth-order valence-corrected chi connectivity index (χ4v) is 0.667. The molecule has 0 saturated carbocycles. The zero-order valence-electron chi connectivity index (χ0n) is 6.09. The fourth-order valence-electron chi connectivity index (χ4n) is 0.667. The third kappa shape index (κ3) is 3.64. The first-order chi connectivity index (χ1) is 5.13. The maximum atomic E-state index is 8.95. The van der Waals surface area contributed by atoms with Crippen molar-refractivity contribution in [3.8, 4) is 0 Å². The van der Waals surface area contributed by atoms with Crippen molar-refractivity contribution < 1.29 is 25.5 Å². The van der Waals surface area contributed by atoms with E-state index in [4.69, 9.17) is 25.5 Å². The van der Waals surface area contributed by atoms with Crippen molar-refractivity contribution in [2.24, 2.45) is 0 Å². The molecule has 0 spiro atoms. The largest absolute Gasteiger partial charge is 0.396 e. The zero-order valence-corrected chi connectivity index (χ0v) is 6.09. The van der Waals surface area contributed by atoms with Crippen LogP contribution in [-0.2, 0) is 0 Å². The van der Waals surface area contributed by atoms with E-state index in [1.165, 1.54) is 0 Å². The van der Waals surface area contributed by atoms with Gasteiger partial charge in [-0.1, -0.05) is 0 Å². The normalized spacial score (nSPS) is 19.4. The lowest BCUT2D eigenvalue weighted by Gasteiger charge is -2.20. The second kappa shape index (κ2) is 5.45. The third-order valence-corrected chi connectivity index (χ3v) is 1.40. The van der Waals surface area contributed by atoms with Crippen LogP contribution in [0.3, 0.4) is 0 Å². The van der Waals surface area contributed by atoms with Gasteiger partial charge in [-0.3, -0.25) is 0 Å². The van der Waals surface area contributed by atoms with E-state index >= 15 is 0 Å². The van der Waals surface area contributed by atoms with Gasteiger partial charge in [0.25, 0.3) is 0 Å². The minimum atomic E-state index is -1.40. The van der Waals surface area contributed by atoms with Gasteiger partial charge in [0.2, 0.25) is 0 Å². The maximum absolute atomic E-state index is 8.95. The Morgan fingerprint density at radius 3 is 1.82 bits per heavy atom. The Bertz CT molecular complexity index is 97.0. The molecule has 0 rings (SSSR count). The number of aliphatic hydroxyl groups excluding tert-OH is 5. The van der Waals surface area contributed by atoms with E-state index in [1.807, 2.05) is 0 Å². The molecule has 0 saturated heterocycles. The van der Waals surface area contributed by atoms with E-state index in [1.54, 1.807) is 0 Å². The molecule has 0 fully saturated rings. The van der Waals surface area contributed by atoms with Crippen LogP contribution in [0.15, 0.2) is 0 Å². The first-order valence-corrected chi connectivity index (χ1v) is 3.39. The fraction of sp³-hybridized carbons (Fsp3) is 1.00. The van der Waals surface area contributed by atoms with E-state index in [0.717, 1.165) is 0 Å². The summed E-state index contributed by atoms with van der Waals surface area (Å²) in [7, 11) is 0. The summed E-state index contributed by atoms with van der Waals surface area (Å²) < 4.78 is 0. The molecular formula is C6H14O5. The van der Waals surface area contributed by atoms with Crippen molar-refractivity contribution in [3.05, 3.63) is 0 Å². The summed E-state index contributed by atoms with van der Waals surface area (Å²) in [5.41, 5.74) is 0. The van der Waals surface area contributed by atoms with Gasteiger partial charge in [0, 0.05) is 6.61 Å². The van der Waals surface area contributed by atoms with E-state index in [9.17, 15) is 0 Å². The highest BCUT2D eigenvalue weighted by Crippen LogP contribution is 2.02. The van der Waals surface area contributed by atoms with Crippen LogP contribution in [0, 0.1) is 0 Å². The predicted octanol–water partition coefficient (Wildman–Crippen LogP) is -2.56. The predicted molar refractivity (Wildman–Crippen MR) is 36.8 cm³/mol. The highest BCUT2D eigenvalue weighted by Gasteiger charge is 2.22. The molecule has 5 N–H and O–H groups in total. The van der Waals surface area contributed by atoms with Gasteiger partial charge in [-0.15, -0.1) is 0 Å². The lowest BCUT2D eigenvalue weighted by molar-refractivity contribution is -0.0813. The SMILES string of the molecule is OCCC(O)C(O)[C@@H](O)CO. The lowest BCUT2D eigenvalue weighted by Crippen LogP contribution is -2.39. The molecule has 0 radical (unpaired) electrons. The van der Waals surface area contributed by atoms with Crippen LogP contribution in [-0.4, -0.2) is 57.1 Å². The van der Waals surface area contributed by atoms with Crippen molar-refractivity contribution in [2.45, 2.75) is 24.7 Å². The van der Waals surface area contributed by atoms with Crippen molar-refractivity contribution in [1.29, 1.82) is 0 Å². The van der Waals surface area contributed by atoms with E-state index in [0.29, 0.717) is 0 Å². The van der Waals surface area contributed by atoms with Gasteiger partial charge in [0.05, 0.1) is 12.7 Å². The van der Waals surface area contributed by atoms with Crippen LogP contribution in [0.4, 0.5) is 0 Å². The van der Waals surface area contributed by atoms with Crippen LogP contribution >= 0.6 is 0 Å². The maximum Gasteiger partial charge on any atom is 0.108 e. The van der Waals surface area contributed by atoms with Crippen LogP contribution < -0.4 is 0 Å². The summed E-state index contributed by atoms with van der Waals surface area (Å²) in [4.78, 5) is 0. The van der Waals surface area contributed by atoms with Gasteiger partial charge in [0.1, 0.15) is 12.2 Å². The third-order valence-electron chi connectivity index (χ3n) is 1.40. The molecule has 0 aliphatic carbocycles. The molecule has 0 aromatic heterocycles. The molecule has 5 heteroatoms. The molecule has 5 nitrogen and oxygen atoms in total. The van der Waals surface area contributed by atoms with Crippen LogP contribution in [0.25, 0.3) is 0 Å². The first kappa shape index (κ1) is 10.8. The van der Waals surface area contributed by atoms with Gasteiger partial charge in [-0.05, 0) is 6.42 Å². The Labute approximate surface area is 64.5 Å². The topological polar surface area (TPSA) is 101 Å². The Balaban J connectivity index is 3.70. The Kier molecular flexibility index (Phi) is 5.35. The molecule has 0 amide bonds. The molecular weight excluding hydrogens is 152 g/mol. The van der Waals surface area contributed by atoms with Gasteiger partial charge in [-0.2, -0.15) is 0 Å². The molecule has 0 aliphatic heterocycles. The quantitative estimate of drug-likeness (QED) is 0.309. The molecule has 0 aromatic rings. The summed E-state index contributed by atoms with van der Waals surface area (Å²) in [5.74, 6) is 0. The molecule has 68 valence electrons. The minimum Gasteiger partial charge on any atom is -0.396 e. The van der Waals surface area contributed by atoms with Gasteiger partial charge >= 0.3 is 0 Å².